The number of hydrogen-bond donors (Lipinski definition) is 3. The fraction of sp³-hybridized carbons (Fsp3) is 0.588. The normalized spacial score (nSPS) is 22.5. The smallest absolute Gasteiger partial charge is 0.415 e. The predicted octanol–water partition coefficient (Wildman–Crippen LogP) is 3.48. The molecule has 1 atom stereocenters. The van der Waals surface area contributed by atoms with Gasteiger partial charge in [0, 0.05) is 12.1 Å². The quantitative estimate of drug-likeness (QED) is 0.517. The Morgan fingerprint density at radius 3 is 2.45 bits per heavy atom. The Balaban J connectivity index is 2.21. The lowest BCUT2D eigenvalue weighted by atomic mass is 9.98. The lowest BCUT2D eigenvalue weighted by Crippen LogP contribution is -2.46. The highest BCUT2D eigenvalue weighted by Crippen LogP contribution is 2.42. The van der Waals surface area contributed by atoms with Gasteiger partial charge < -0.3 is 25.3 Å². The number of rotatable bonds is 0. The summed E-state index contributed by atoms with van der Waals surface area (Å²) in [5, 5.41) is 19.5. The van der Waals surface area contributed by atoms with Gasteiger partial charge in [-0.3, -0.25) is 0 Å². The van der Waals surface area contributed by atoms with Crippen LogP contribution in [0.4, 0.5) is 37.8 Å². The molecule has 2 aromatic heterocycles. The predicted molar refractivity (Wildman–Crippen MR) is 94.6 cm³/mol. The molecule has 1 unspecified atom stereocenters. The fourth-order valence-electron chi connectivity index (χ4n) is 2.98. The molecule has 0 aromatic carbocycles. The summed E-state index contributed by atoms with van der Waals surface area (Å²) in [4.78, 5) is 3.83. The SMILES string of the molecule is CC1(C)CCCOCC(O)(C(F)(F)F)c2nnc(o2)-c2nc(c(C(F)(F)F)cc2N)N1. The molecule has 31 heavy (non-hydrogen) atoms. The Morgan fingerprint density at radius 2 is 1.84 bits per heavy atom. The molecule has 2 aromatic rings. The van der Waals surface area contributed by atoms with E-state index in [0.29, 0.717) is 6.07 Å². The third kappa shape index (κ3) is 4.54. The van der Waals surface area contributed by atoms with Gasteiger partial charge in [0.05, 0.1) is 17.9 Å². The minimum absolute atomic E-state index is 0.173. The first-order valence-electron chi connectivity index (χ1n) is 9.01. The van der Waals surface area contributed by atoms with Gasteiger partial charge in [-0.15, -0.1) is 10.2 Å². The van der Waals surface area contributed by atoms with Crippen LogP contribution in [0.15, 0.2) is 10.5 Å². The van der Waals surface area contributed by atoms with Crippen molar-refractivity contribution in [3.63, 3.8) is 0 Å². The number of fused-ring (bicyclic) bond motifs is 5. The van der Waals surface area contributed by atoms with E-state index in [0.717, 1.165) is 0 Å². The number of aromatic nitrogens is 3. The summed E-state index contributed by atoms with van der Waals surface area (Å²) in [7, 11) is 0. The fourth-order valence-corrected chi connectivity index (χ4v) is 2.98. The number of aliphatic hydroxyl groups is 1. The van der Waals surface area contributed by atoms with Gasteiger partial charge in [0.2, 0.25) is 0 Å². The van der Waals surface area contributed by atoms with E-state index < -0.39 is 64.6 Å². The maximum Gasteiger partial charge on any atom is 0.428 e. The highest BCUT2D eigenvalue weighted by atomic mass is 19.4. The van der Waals surface area contributed by atoms with E-state index in [1.807, 2.05) is 0 Å². The minimum atomic E-state index is -5.24. The summed E-state index contributed by atoms with van der Waals surface area (Å²) in [5.41, 5.74) is -1.10. The zero-order valence-corrected chi connectivity index (χ0v) is 16.4. The van der Waals surface area contributed by atoms with Gasteiger partial charge in [0.15, 0.2) is 5.69 Å². The van der Waals surface area contributed by atoms with Crippen molar-refractivity contribution in [2.24, 2.45) is 0 Å². The van der Waals surface area contributed by atoms with Crippen molar-refractivity contribution in [2.75, 3.05) is 24.3 Å². The number of nitrogen functional groups attached to an aromatic ring is 1. The molecule has 0 saturated carbocycles. The van der Waals surface area contributed by atoms with Crippen LogP contribution in [0.2, 0.25) is 0 Å². The number of ether oxygens (including phenoxy) is 1. The summed E-state index contributed by atoms with van der Waals surface area (Å²) < 4.78 is 91.1. The highest BCUT2D eigenvalue weighted by molar-refractivity contribution is 5.71. The summed E-state index contributed by atoms with van der Waals surface area (Å²) in [6.07, 6.45) is -9.66. The van der Waals surface area contributed by atoms with Gasteiger partial charge in [-0.25, -0.2) is 4.98 Å². The van der Waals surface area contributed by atoms with E-state index >= 15 is 0 Å². The van der Waals surface area contributed by atoms with Gasteiger partial charge in [-0.05, 0) is 32.8 Å². The molecule has 4 bridgehead atoms. The Bertz CT molecular complexity index is 959. The first-order valence-corrected chi connectivity index (χ1v) is 9.01. The average Bonchev–Trinajstić information content (AvgIpc) is 3.09. The van der Waals surface area contributed by atoms with Crippen molar-refractivity contribution in [1.82, 2.24) is 15.2 Å². The summed E-state index contributed by atoms with van der Waals surface area (Å²) in [6.45, 7) is 1.76. The van der Waals surface area contributed by atoms with E-state index in [-0.39, 0.29) is 19.4 Å². The second-order valence-corrected chi connectivity index (χ2v) is 7.76. The van der Waals surface area contributed by atoms with Gasteiger partial charge in [0.25, 0.3) is 17.4 Å². The van der Waals surface area contributed by atoms with Crippen LogP contribution < -0.4 is 11.1 Å². The summed E-state index contributed by atoms with van der Waals surface area (Å²) >= 11 is 0. The maximum absolute atomic E-state index is 13.5. The number of halogens is 6. The first kappa shape index (κ1) is 23.1. The Kier molecular flexibility index (Phi) is 5.59. The zero-order chi connectivity index (χ0) is 23.2. The summed E-state index contributed by atoms with van der Waals surface area (Å²) in [5.74, 6) is -2.55. The van der Waals surface area contributed by atoms with Crippen LogP contribution in [0.25, 0.3) is 11.6 Å². The maximum atomic E-state index is 13.5. The number of hydrogen-bond acceptors (Lipinski definition) is 8. The van der Waals surface area contributed by atoms with Crippen LogP contribution in [0, 0.1) is 0 Å². The van der Waals surface area contributed by atoms with Crippen LogP contribution in [-0.4, -0.2) is 45.2 Å². The molecular formula is C17H19F6N5O3. The van der Waals surface area contributed by atoms with E-state index in [1.165, 1.54) is 0 Å². The number of nitrogens with one attached hydrogen (secondary N) is 1. The molecule has 8 nitrogen and oxygen atoms in total. The van der Waals surface area contributed by atoms with Crippen LogP contribution in [0.5, 0.6) is 0 Å². The van der Waals surface area contributed by atoms with E-state index in [2.05, 4.69) is 20.5 Å². The van der Waals surface area contributed by atoms with Crippen LogP contribution >= 0.6 is 0 Å². The van der Waals surface area contributed by atoms with Crippen molar-refractivity contribution in [3.05, 3.63) is 17.5 Å². The van der Waals surface area contributed by atoms with Crippen molar-refractivity contribution in [2.45, 2.75) is 50.2 Å². The second kappa shape index (κ2) is 7.51. The lowest BCUT2D eigenvalue weighted by molar-refractivity contribution is -0.289. The topological polar surface area (TPSA) is 119 Å². The van der Waals surface area contributed by atoms with E-state index in [4.69, 9.17) is 14.9 Å². The van der Waals surface area contributed by atoms with Crippen molar-refractivity contribution < 1.29 is 40.6 Å². The van der Waals surface area contributed by atoms with Crippen molar-refractivity contribution in [3.8, 4) is 11.6 Å². The Morgan fingerprint density at radius 1 is 1.16 bits per heavy atom. The molecule has 0 spiro atoms. The van der Waals surface area contributed by atoms with E-state index in [1.54, 1.807) is 13.8 Å². The summed E-state index contributed by atoms with van der Waals surface area (Å²) in [6, 6.07) is 0.579. The number of nitrogens with zero attached hydrogens (tertiary/aromatic N) is 3. The molecule has 4 N–H and O–H groups in total. The zero-order valence-electron chi connectivity index (χ0n) is 16.4. The number of anilines is 2. The third-order valence-corrected chi connectivity index (χ3v) is 4.67. The standard InChI is InChI=1S/C17H19F6N5O3/c1-14(2)4-3-5-30-7-15(29,17(21,22)23)13-28-27-12(31-13)10-9(24)6-8(16(18,19)20)11(25-10)26-14/h6,29H,3-5,7,24H2,1-2H3,(H,25,26). The largest absolute Gasteiger partial charge is 0.428 e. The highest BCUT2D eigenvalue weighted by Gasteiger charge is 2.59. The average molecular weight is 455 g/mol. The molecule has 172 valence electrons. The number of alkyl halides is 6. The molecule has 0 amide bonds. The lowest BCUT2D eigenvalue weighted by Gasteiger charge is -2.30. The van der Waals surface area contributed by atoms with Crippen LogP contribution in [0.1, 0.15) is 38.1 Å². The van der Waals surface area contributed by atoms with Crippen LogP contribution in [0.3, 0.4) is 0 Å². The Labute approximate surface area is 171 Å². The minimum Gasteiger partial charge on any atom is -0.415 e. The van der Waals surface area contributed by atoms with Gasteiger partial charge in [-0.2, -0.15) is 26.3 Å². The van der Waals surface area contributed by atoms with Crippen LogP contribution in [-0.2, 0) is 16.5 Å². The van der Waals surface area contributed by atoms with Gasteiger partial charge in [-0.1, -0.05) is 0 Å². The molecule has 0 radical (unpaired) electrons. The Hall–Kier alpha value is -2.61. The third-order valence-electron chi connectivity index (χ3n) is 4.67. The first-order chi connectivity index (χ1) is 14.1. The van der Waals surface area contributed by atoms with E-state index in [9.17, 15) is 31.4 Å². The molecule has 14 heteroatoms. The van der Waals surface area contributed by atoms with Crippen molar-refractivity contribution >= 4 is 11.5 Å². The van der Waals surface area contributed by atoms with Gasteiger partial charge in [0.1, 0.15) is 5.82 Å². The molecule has 0 fully saturated rings. The molecule has 3 heterocycles. The second-order valence-electron chi connectivity index (χ2n) is 7.76. The molecule has 1 aliphatic rings. The molecule has 0 saturated heterocycles. The molecule has 3 rings (SSSR count). The van der Waals surface area contributed by atoms with Crippen molar-refractivity contribution in [1.29, 1.82) is 0 Å². The van der Waals surface area contributed by atoms with Gasteiger partial charge >= 0.3 is 12.4 Å². The monoisotopic (exact) mass is 455 g/mol. The number of nitrogens with two attached hydrogens (primary N) is 1. The number of pyridine rings is 1. The molecular weight excluding hydrogens is 436 g/mol. The molecule has 0 aliphatic carbocycles. The molecule has 1 aliphatic heterocycles.